The lowest BCUT2D eigenvalue weighted by atomic mass is 9.80. The summed E-state index contributed by atoms with van der Waals surface area (Å²) < 4.78 is 40.6. The topological polar surface area (TPSA) is 78.4 Å². The summed E-state index contributed by atoms with van der Waals surface area (Å²) in [5.41, 5.74) is 3.17. The molecule has 140 valence electrons. The summed E-state index contributed by atoms with van der Waals surface area (Å²) in [5, 5.41) is 0. The van der Waals surface area contributed by atoms with E-state index in [4.69, 9.17) is 4.29 Å². The summed E-state index contributed by atoms with van der Waals surface area (Å²) in [7, 11) is -4.69. The molecule has 0 spiro atoms. The molecule has 0 aliphatic carbocycles. The van der Waals surface area contributed by atoms with Gasteiger partial charge in [0.05, 0.1) is 14.5 Å². The van der Waals surface area contributed by atoms with Crippen molar-refractivity contribution in [3.63, 3.8) is 0 Å². The van der Waals surface area contributed by atoms with Crippen molar-refractivity contribution >= 4 is 0 Å². The molecule has 0 radical (unpaired) electrons. The van der Waals surface area contributed by atoms with E-state index in [1.165, 1.54) is 0 Å². The zero-order chi connectivity index (χ0) is 19.7. The van der Waals surface area contributed by atoms with Gasteiger partial charge >= 0.3 is 0 Å². The Labute approximate surface area is 161 Å². The van der Waals surface area contributed by atoms with Gasteiger partial charge < -0.3 is 0 Å². The van der Waals surface area contributed by atoms with Crippen LogP contribution >= 0.6 is 0 Å². The highest BCUT2D eigenvalue weighted by molar-refractivity contribution is 5.48. The van der Waals surface area contributed by atoms with Gasteiger partial charge in [0.15, 0.2) is 0 Å². The zero-order valence-corrected chi connectivity index (χ0v) is 16.2. The second kappa shape index (κ2) is 7.43. The normalized spacial score (nSPS) is 12.2. The molecule has 27 heavy (non-hydrogen) atoms. The quantitative estimate of drug-likeness (QED) is 0.628. The lowest BCUT2D eigenvalue weighted by Crippen LogP contribution is -2.64. The standard InChI is InChI=1S/C22H21ClO4/c1-16-4-10-19(11-5-16)22(27-23(24,25)26,20-12-6-17(2)7-13-20)21-14-8-18(3)9-15-21/h4-15H,1-3H3. The summed E-state index contributed by atoms with van der Waals surface area (Å²) in [5.74, 6) is 0. The van der Waals surface area contributed by atoms with Crippen LogP contribution in [0.1, 0.15) is 33.4 Å². The molecular weight excluding hydrogens is 364 g/mol. The Hall–Kier alpha value is -2.21. The molecule has 0 bridgehead atoms. The van der Waals surface area contributed by atoms with Gasteiger partial charge in [0, 0.05) is 16.7 Å². The Morgan fingerprint density at radius 3 is 1.04 bits per heavy atom. The van der Waals surface area contributed by atoms with E-state index in [1.54, 1.807) is 36.4 Å². The van der Waals surface area contributed by atoms with Gasteiger partial charge in [-0.3, -0.25) is 0 Å². The summed E-state index contributed by atoms with van der Waals surface area (Å²) in [6.45, 7) is 5.81. The Kier molecular flexibility index (Phi) is 5.38. The highest BCUT2D eigenvalue weighted by atomic mass is 35.7. The molecule has 3 aromatic rings. The van der Waals surface area contributed by atoms with E-state index in [2.05, 4.69) is 0 Å². The first-order chi connectivity index (χ1) is 12.7. The first kappa shape index (κ1) is 19.5. The summed E-state index contributed by atoms with van der Waals surface area (Å²) >= 11 is 0. The molecular formula is C22H21ClO4. The molecule has 3 rings (SSSR count). The van der Waals surface area contributed by atoms with Crippen molar-refractivity contribution in [3.05, 3.63) is 106 Å². The lowest BCUT2D eigenvalue weighted by molar-refractivity contribution is -1.92. The van der Waals surface area contributed by atoms with Crippen LogP contribution in [0.3, 0.4) is 0 Å². The van der Waals surface area contributed by atoms with E-state index in [1.807, 2.05) is 57.2 Å². The van der Waals surface area contributed by atoms with Gasteiger partial charge in [0.2, 0.25) is 0 Å². The zero-order valence-electron chi connectivity index (χ0n) is 15.4. The molecule has 0 saturated heterocycles. The maximum atomic E-state index is 11.8. The van der Waals surface area contributed by atoms with Crippen LogP contribution in [0.4, 0.5) is 0 Å². The van der Waals surface area contributed by atoms with E-state index >= 15 is 0 Å². The summed E-state index contributed by atoms with van der Waals surface area (Å²) in [4.78, 5) is 0. The Morgan fingerprint density at radius 2 is 0.815 bits per heavy atom. The third kappa shape index (κ3) is 4.21. The molecule has 0 aliphatic heterocycles. The molecule has 0 heterocycles. The monoisotopic (exact) mass is 384 g/mol. The fourth-order valence-electron chi connectivity index (χ4n) is 3.14. The van der Waals surface area contributed by atoms with Gasteiger partial charge in [-0.2, -0.15) is 14.0 Å². The van der Waals surface area contributed by atoms with Crippen LogP contribution < -0.4 is 14.0 Å². The molecule has 5 heteroatoms. The van der Waals surface area contributed by atoms with Crippen molar-refractivity contribution in [1.82, 2.24) is 0 Å². The van der Waals surface area contributed by atoms with Crippen LogP contribution in [-0.2, 0) is 9.89 Å². The first-order valence-electron chi connectivity index (χ1n) is 8.54. The van der Waals surface area contributed by atoms with Gasteiger partial charge in [-0.05, 0) is 20.8 Å². The lowest BCUT2D eigenvalue weighted by Gasteiger charge is -2.31. The van der Waals surface area contributed by atoms with Crippen LogP contribution in [-0.4, -0.2) is 0 Å². The van der Waals surface area contributed by atoms with Crippen LogP contribution in [0, 0.1) is 31.0 Å². The van der Waals surface area contributed by atoms with Crippen LogP contribution in [0.5, 0.6) is 0 Å². The number of halogens is 1. The van der Waals surface area contributed by atoms with Crippen molar-refractivity contribution in [3.8, 4) is 0 Å². The van der Waals surface area contributed by atoms with Crippen LogP contribution in [0.15, 0.2) is 72.8 Å². The van der Waals surface area contributed by atoms with Gasteiger partial charge in [-0.1, -0.05) is 89.5 Å². The molecule has 0 aromatic heterocycles. The Morgan fingerprint density at radius 1 is 0.556 bits per heavy atom. The van der Waals surface area contributed by atoms with Crippen LogP contribution in [0.2, 0.25) is 0 Å². The predicted octanol–water partition coefficient (Wildman–Crippen LogP) is 1.82. The maximum Gasteiger partial charge on any atom is 0.298 e. The van der Waals surface area contributed by atoms with E-state index < -0.39 is 15.8 Å². The number of hydrogen-bond donors (Lipinski definition) is 0. The summed E-state index contributed by atoms with van der Waals surface area (Å²) in [6, 6.07) is 21.9. The average Bonchev–Trinajstić information content (AvgIpc) is 2.61. The largest absolute Gasteiger partial charge is 0.298 e. The highest BCUT2D eigenvalue weighted by Gasteiger charge is 2.51. The van der Waals surface area contributed by atoms with Crippen LogP contribution in [0.25, 0.3) is 0 Å². The van der Waals surface area contributed by atoms with E-state index in [0.29, 0.717) is 16.7 Å². The van der Waals surface area contributed by atoms with Gasteiger partial charge in [-0.15, -0.1) is 0 Å². The second-order valence-electron chi connectivity index (χ2n) is 6.73. The highest BCUT2D eigenvalue weighted by Crippen LogP contribution is 2.42. The van der Waals surface area contributed by atoms with Crippen molar-refractivity contribution < 1.29 is 28.5 Å². The third-order valence-electron chi connectivity index (χ3n) is 4.58. The van der Waals surface area contributed by atoms with Crippen molar-refractivity contribution in [2.75, 3.05) is 0 Å². The van der Waals surface area contributed by atoms with Crippen molar-refractivity contribution in [1.29, 1.82) is 0 Å². The SMILES string of the molecule is Cc1ccc(C(O[Cl+3]([O-])([O-])[O-])(c2ccc(C)cc2)c2ccc(C)cc2)cc1. The molecule has 0 aliphatic rings. The van der Waals surface area contributed by atoms with Gasteiger partial charge in [0.1, 0.15) is 0 Å². The average molecular weight is 385 g/mol. The molecule has 0 fully saturated rings. The summed E-state index contributed by atoms with van der Waals surface area (Å²) in [6.07, 6.45) is 0. The fraction of sp³-hybridized carbons (Fsp3) is 0.182. The van der Waals surface area contributed by atoms with Crippen molar-refractivity contribution in [2.45, 2.75) is 26.4 Å². The molecule has 0 unspecified atom stereocenters. The fourth-order valence-corrected chi connectivity index (χ4v) is 3.69. The minimum atomic E-state index is -4.69. The molecule has 3 aromatic carbocycles. The molecule has 0 amide bonds. The second-order valence-corrected chi connectivity index (χ2v) is 7.64. The number of aryl methyl sites for hydroxylation is 3. The minimum Gasteiger partial charge on any atom is -0.183 e. The van der Waals surface area contributed by atoms with E-state index in [-0.39, 0.29) is 0 Å². The van der Waals surface area contributed by atoms with E-state index in [9.17, 15) is 14.0 Å². The number of hydrogen-bond acceptors (Lipinski definition) is 4. The Balaban J connectivity index is 2.34. The predicted molar refractivity (Wildman–Crippen MR) is 94.5 cm³/mol. The third-order valence-corrected chi connectivity index (χ3v) is 5.00. The molecule has 0 saturated carbocycles. The van der Waals surface area contributed by atoms with Gasteiger partial charge in [0.25, 0.3) is 5.60 Å². The first-order valence-corrected chi connectivity index (χ1v) is 9.77. The smallest absolute Gasteiger partial charge is 0.183 e. The maximum absolute atomic E-state index is 11.8. The van der Waals surface area contributed by atoms with Gasteiger partial charge in [-0.25, -0.2) is 0 Å². The number of benzene rings is 3. The molecule has 0 atom stereocenters. The Bertz CT molecular complexity index is 784. The number of rotatable bonds is 5. The molecule has 4 nitrogen and oxygen atoms in total. The van der Waals surface area contributed by atoms with Crippen molar-refractivity contribution in [2.24, 2.45) is 0 Å². The minimum absolute atomic E-state index is 0.563. The molecule has 0 N–H and O–H groups in total. The van der Waals surface area contributed by atoms with E-state index in [0.717, 1.165) is 16.7 Å².